The molecule has 1 aromatic rings. The molecule has 3 heteroatoms. The number of imidazole rings is 1. The van der Waals surface area contributed by atoms with Crippen molar-refractivity contribution < 1.29 is 0 Å². The van der Waals surface area contributed by atoms with E-state index in [-0.39, 0.29) is 0 Å². The fourth-order valence-electron chi connectivity index (χ4n) is 1.49. The van der Waals surface area contributed by atoms with Gasteiger partial charge in [0, 0.05) is 12.4 Å². The molecule has 0 amide bonds. The molecular weight excluding hydrogens is 162 g/mol. The normalized spacial score (nSPS) is 17.6. The molecule has 1 aromatic heterocycles. The highest BCUT2D eigenvalue weighted by atomic mass is 15.1. The molecule has 1 saturated heterocycles. The fraction of sp³-hybridized carbons (Fsp3) is 0.700. The van der Waals surface area contributed by atoms with Crippen LogP contribution in [0.25, 0.3) is 0 Å². The van der Waals surface area contributed by atoms with Gasteiger partial charge < -0.3 is 9.88 Å². The van der Waals surface area contributed by atoms with Crippen molar-refractivity contribution in [1.29, 1.82) is 0 Å². The highest BCUT2D eigenvalue weighted by Crippen LogP contribution is 2.06. The molecule has 0 radical (unpaired) electrons. The van der Waals surface area contributed by atoms with E-state index in [2.05, 4.69) is 21.8 Å². The van der Waals surface area contributed by atoms with Crippen molar-refractivity contribution in [2.75, 3.05) is 19.6 Å². The summed E-state index contributed by atoms with van der Waals surface area (Å²) < 4.78 is 0. The molecule has 1 N–H and O–H groups in total. The Bertz CT molecular complexity index is 161. The van der Waals surface area contributed by atoms with E-state index in [1.807, 2.05) is 0 Å². The number of H-pyrrole nitrogens is 1. The molecule has 2 rings (SSSR count). The highest BCUT2D eigenvalue weighted by molar-refractivity contribution is 4.64. The monoisotopic (exact) mass is 181 g/mol. The van der Waals surface area contributed by atoms with E-state index in [0.717, 1.165) is 0 Å². The molecule has 0 saturated carbocycles. The van der Waals surface area contributed by atoms with E-state index in [1.165, 1.54) is 38.9 Å². The van der Waals surface area contributed by atoms with Gasteiger partial charge in [0.05, 0.1) is 6.33 Å². The Kier molecular flexibility index (Phi) is 5.25. The van der Waals surface area contributed by atoms with Crippen molar-refractivity contribution in [3.8, 4) is 0 Å². The van der Waals surface area contributed by atoms with Crippen molar-refractivity contribution in [2.45, 2.75) is 26.2 Å². The zero-order valence-corrected chi connectivity index (χ0v) is 8.37. The molecular formula is C10H19N3. The first-order chi connectivity index (χ1) is 6.43. The van der Waals surface area contributed by atoms with Gasteiger partial charge >= 0.3 is 0 Å². The van der Waals surface area contributed by atoms with Gasteiger partial charge in [0.2, 0.25) is 0 Å². The highest BCUT2D eigenvalue weighted by Gasteiger charge is 2.05. The van der Waals surface area contributed by atoms with Crippen LogP contribution in [0.2, 0.25) is 0 Å². The molecule has 1 aliphatic rings. The zero-order chi connectivity index (χ0) is 9.36. The van der Waals surface area contributed by atoms with Crippen LogP contribution in [0.1, 0.15) is 26.2 Å². The topological polar surface area (TPSA) is 31.9 Å². The number of likely N-dealkylation sites (tertiary alicyclic amines) is 1. The summed E-state index contributed by atoms with van der Waals surface area (Å²) in [6.07, 6.45) is 9.39. The number of nitrogens with one attached hydrogen (secondary N) is 1. The number of aromatic amines is 1. The van der Waals surface area contributed by atoms with Gasteiger partial charge in [-0.3, -0.25) is 0 Å². The van der Waals surface area contributed by atoms with E-state index >= 15 is 0 Å². The van der Waals surface area contributed by atoms with Crippen LogP contribution in [0.15, 0.2) is 18.7 Å². The predicted octanol–water partition coefficient (Wildman–Crippen LogP) is 1.90. The number of piperidine rings is 1. The van der Waals surface area contributed by atoms with Crippen LogP contribution in [-0.2, 0) is 0 Å². The number of hydrogen-bond acceptors (Lipinski definition) is 2. The predicted molar refractivity (Wildman–Crippen MR) is 54.6 cm³/mol. The Morgan fingerprint density at radius 2 is 2.08 bits per heavy atom. The molecule has 0 bridgehead atoms. The van der Waals surface area contributed by atoms with Gasteiger partial charge in [-0.25, -0.2) is 4.98 Å². The zero-order valence-electron chi connectivity index (χ0n) is 8.37. The Morgan fingerprint density at radius 1 is 1.31 bits per heavy atom. The van der Waals surface area contributed by atoms with Crippen LogP contribution in [0.4, 0.5) is 0 Å². The smallest absolute Gasteiger partial charge is 0.0919 e. The van der Waals surface area contributed by atoms with Crippen molar-refractivity contribution in [1.82, 2.24) is 14.9 Å². The quantitative estimate of drug-likeness (QED) is 0.717. The minimum atomic E-state index is 1.25. The lowest BCUT2D eigenvalue weighted by Crippen LogP contribution is -2.29. The number of rotatable bonds is 1. The van der Waals surface area contributed by atoms with Gasteiger partial charge in [-0.05, 0) is 32.5 Å². The number of nitrogens with zero attached hydrogens (tertiary/aromatic N) is 2. The third-order valence-corrected chi connectivity index (χ3v) is 2.30. The van der Waals surface area contributed by atoms with E-state index in [4.69, 9.17) is 0 Å². The van der Waals surface area contributed by atoms with E-state index in [1.54, 1.807) is 18.7 Å². The third-order valence-electron chi connectivity index (χ3n) is 2.30. The second-order valence-corrected chi connectivity index (χ2v) is 3.26. The molecule has 0 unspecified atom stereocenters. The second-order valence-electron chi connectivity index (χ2n) is 3.26. The molecule has 13 heavy (non-hydrogen) atoms. The molecule has 2 heterocycles. The van der Waals surface area contributed by atoms with Gasteiger partial charge in [0.15, 0.2) is 0 Å². The summed E-state index contributed by atoms with van der Waals surface area (Å²) in [6.45, 7) is 6.18. The van der Waals surface area contributed by atoms with E-state index < -0.39 is 0 Å². The molecule has 1 fully saturated rings. The lowest BCUT2D eigenvalue weighted by molar-refractivity contribution is 0.240. The Balaban J connectivity index is 0.000000145. The molecule has 0 atom stereocenters. The molecule has 1 aliphatic heterocycles. The van der Waals surface area contributed by atoms with Gasteiger partial charge in [-0.1, -0.05) is 13.3 Å². The van der Waals surface area contributed by atoms with Gasteiger partial charge in [-0.15, -0.1) is 0 Å². The fourth-order valence-corrected chi connectivity index (χ4v) is 1.49. The maximum absolute atomic E-state index is 3.67. The number of aromatic nitrogens is 2. The number of hydrogen-bond donors (Lipinski definition) is 1. The van der Waals surface area contributed by atoms with Gasteiger partial charge in [-0.2, -0.15) is 0 Å². The second kappa shape index (κ2) is 6.66. The van der Waals surface area contributed by atoms with Crippen molar-refractivity contribution >= 4 is 0 Å². The van der Waals surface area contributed by atoms with Crippen LogP contribution in [-0.4, -0.2) is 34.5 Å². The van der Waals surface area contributed by atoms with Crippen molar-refractivity contribution in [2.24, 2.45) is 0 Å². The summed E-state index contributed by atoms with van der Waals surface area (Å²) in [5.41, 5.74) is 0. The molecule has 3 nitrogen and oxygen atoms in total. The minimum absolute atomic E-state index is 1.25. The summed E-state index contributed by atoms with van der Waals surface area (Å²) in [6, 6.07) is 0. The van der Waals surface area contributed by atoms with Crippen molar-refractivity contribution in [3.63, 3.8) is 0 Å². The standard InChI is InChI=1S/C7H15N.C3H4N2/c1-2-8-6-4-3-5-7-8;1-2-5-3-4-1/h2-7H2,1H3;1-3H,(H,4,5). The summed E-state index contributed by atoms with van der Waals surface area (Å²) in [5, 5.41) is 0. The SMILES string of the molecule is CCN1CCCCC1.c1c[nH]cn1. The summed E-state index contributed by atoms with van der Waals surface area (Å²) in [5.74, 6) is 0. The largest absolute Gasteiger partial charge is 0.351 e. The van der Waals surface area contributed by atoms with Gasteiger partial charge in [0.1, 0.15) is 0 Å². The lowest BCUT2D eigenvalue weighted by Gasteiger charge is -2.24. The average Bonchev–Trinajstić information content (AvgIpc) is 2.77. The first-order valence-corrected chi connectivity index (χ1v) is 5.08. The first-order valence-electron chi connectivity index (χ1n) is 5.08. The Hall–Kier alpha value is -0.830. The molecule has 74 valence electrons. The van der Waals surface area contributed by atoms with Crippen LogP contribution < -0.4 is 0 Å². The Morgan fingerprint density at radius 3 is 2.38 bits per heavy atom. The Labute approximate surface area is 80.2 Å². The van der Waals surface area contributed by atoms with Crippen LogP contribution in [0.3, 0.4) is 0 Å². The maximum atomic E-state index is 3.67. The maximum Gasteiger partial charge on any atom is 0.0919 e. The molecule has 0 aromatic carbocycles. The molecule has 0 spiro atoms. The summed E-state index contributed by atoms with van der Waals surface area (Å²) in [7, 11) is 0. The lowest BCUT2D eigenvalue weighted by atomic mass is 10.1. The average molecular weight is 181 g/mol. The van der Waals surface area contributed by atoms with E-state index in [9.17, 15) is 0 Å². The molecule has 0 aliphatic carbocycles. The van der Waals surface area contributed by atoms with Crippen LogP contribution in [0, 0.1) is 0 Å². The van der Waals surface area contributed by atoms with Crippen molar-refractivity contribution in [3.05, 3.63) is 18.7 Å². The van der Waals surface area contributed by atoms with Crippen LogP contribution in [0.5, 0.6) is 0 Å². The first kappa shape index (κ1) is 10.3. The summed E-state index contributed by atoms with van der Waals surface area (Å²) in [4.78, 5) is 8.93. The van der Waals surface area contributed by atoms with Gasteiger partial charge in [0.25, 0.3) is 0 Å². The summed E-state index contributed by atoms with van der Waals surface area (Å²) >= 11 is 0. The van der Waals surface area contributed by atoms with Crippen LogP contribution >= 0.6 is 0 Å². The minimum Gasteiger partial charge on any atom is -0.351 e. The third kappa shape index (κ3) is 4.68. The van der Waals surface area contributed by atoms with E-state index in [0.29, 0.717) is 0 Å².